The molecular weight excluding hydrogens is 258 g/mol. The van der Waals surface area contributed by atoms with Crippen molar-refractivity contribution in [3.63, 3.8) is 0 Å². The fraction of sp³-hybridized carbons (Fsp3) is 0.500. The molecule has 1 aromatic rings. The zero-order chi connectivity index (χ0) is 14.7. The van der Waals surface area contributed by atoms with E-state index >= 15 is 0 Å². The van der Waals surface area contributed by atoms with Gasteiger partial charge < -0.3 is 10.2 Å². The summed E-state index contributed by atoms with van der Waals surface area (Å²) in [6.07, 6.45) is 1.83. The molecule has 0 unspecified atom stereocenters. The second kappa shape index (κ2) is 6.00. The summed E-state index contributed by atoms with van der Waals surface area (Å²) in [5.41, 5.74) is 1.17. The molecule has 1 saturated heterocycles. The van der Waals surface area contributed by atoms with Gasteiger partial charge in [0, 0.05) is 36.8 Å². The van der Waals surface area contributed by atoms with Crippen LogP contribution >= 0.6 is 0 Å². The van der Waals surface area contributed by atoms with E-state index in [9.17, 15) is 14.9 Å². The number of nitrogens with one attached hydrogen (secondary N) is 1. The van der Waals surface area contributed by atoms with E-state index in [0.717, 1.165) is 18.4 Å². The lowest BCUT2D eigenvalue weighted by atomic mass is 10.0. The minimum Gasteiger partial charge on any atom is -0.339 e. The molecule has 0 aliphatic carbocycles. The molecule has 0 radical (unpaired) electrons. The van der Waals surface area contributed by atoms with E-state index in [1.807, 2.05) is 7.05 Å². The highest BCUT2D eigenvalue weighted by atomic mass is 16.6. The van der Waals surface area contributed by atoms with Crippen LogP contribution in [0.3, 0.4) is 0 Å². The number of aryl methyl sites for hydroxylation is 1. The molecule has 1 N–H and O–H groups in total. The molecule has 1 amide bonds. The van der Waals surface area contributed by atoms with Gasteiger partial charge >= 0.3 is 0 Å². The largest absolute Gasteiger partial charge is 0.339 e. The van der Waals surface area contributed by atoms with Crippen LogP contribution in [0.5, 0.6) is 0 Å². The molecule has 1 aromatic carbocycles. The molecule has 6 nitrogen and oxygen atoms in total. The van der Waals surface area contributed by atoms with Crippen molar-refractivity contribution in [3.8, 4) is 0 Å². The Hall–Kier alpha value is -1.95. The van der Waals surface area contributed by atoms with E-state index in [0.29, 0.717) is 24.7 Å². The molecule has 2 rings (SSSR count). The van der Waals surface area contributed by atoms with Gasteiger partial charge in [-0.05, 0) is 32.4 Å². The molecule has 20 heavy (non-hydrogen) atoms. The predicted octanol–water partition coefficient (Wildman–Crippen LogP) is 1.73. The minimum atomic E-state index is -0.469. The zero-order valence-electron chi connectivity index (χ0n) is 11.8. The quantitative estimate of drug-likeness (QED) is 0.674. The van der Waals surface area contributed by atoms with Gasteiger partial charge in [0.15, 0.2) is 0 Å². The lowest BCUT2D eigenvalue weighted by Crippen LogP contribution is -2.44. The third-order valence-electron chi connectivity index (χ3n) is 3.85. The maximum Gasteiger partial charge on any atom is 0.270 e. The number of non-ortho nitro benzene ring substituents is 1. The molecule has 0 saturated carbocycles. The highest BCUT2D eigenvalue weighted by Gasteiger charge is 2.24. The van der Waals surface area contributed by atoms with Crippen LogP contribution < -0.4 is 5.32 Å². The smallest absolute Gasteiger partial charge is 0.270 e. The number of piperidine rings is 1. The van der Waals surface area contributed by atoms with Gasteiger partial charge in [0.1, 0.15) is 0 Å². The van der Waals surface area contributed by atoms with E-state index < -0.39 is 4.92 Å². The van der Waals surface area contributed by atoms with Crippen molar-refractivity contribution in [1.29, 1.82) is 0 Å². The van der Waals surface area contributed by atoms with Gasteiger partial charge in [-0.15, -0.1) is 0 Å². The Morgan fingerprint density at radius 3 is 2.60 bits per heavy atom. The van der Waals surface area contributed by atoms with Gasteiger partial charge in [0.25, 0.3) is 11.6 Å². The first kappa shape index (κ1) is 14.5. The molecule has 6 heteroatoms. The summed E-state index contributed by atoms with van der Waals surface area (Å²) in [4.78, 5) is 24.6. The van der Waals surface area contributed by atoms with Crippen molar-refractivity contribution in [2.45, 2.75) is 25.8 Å². The summed E-state index contributed by atoms with van der Waals surface area (Å²) in [6.45, 7) is 3.18. The number of amides is 1. The number of nitrogens with zero attached hydrogens (tertiary/aromatic N) is 2. The van der Waals surface area contributed by atoms with Gasteiger partial charge in [-0.25, -0.2) is 0 Å². The molecular formula is C14H19N3O3. The van der Waals surface area contributed by atoms with Crippen LogP contribution in [-0.2, 0) is 0 Å². The van der Waals surface area contributed by atoms with E-state index in [4.69, 9.17) is 0 Å². The van der Waals surface area contributed by atoms with Crippen molar-refractivity contribution < 1.29 is 9.72 Å². The fourth-order valence-electron chi connectivity index (χ4n) is 2.50. The summed E-state index contributed by atoms with van der Waals surface area (Å²) >= 11 is 0. The van der Waals surface area contributed by atoms with E-state index in [2.05, 4.69) is 5.32 Å². The van der Waals surface area contributed by atoms with E-state index in [1.165, 1.54) is 12.1 Å². The summed E-state index contributed by atoms with van der Waals surface area (Å²) in [5, 5.41) is 14.0. The van der Waals surface area contributed by atoms with Gasteiger partial charge in [0.2, 0.25) is 0 Å². The van der Waals surface area contributed by atoms with Crippen molar-refractivity contribution in [2.75, 3.05) is 20.1 Å². The first-order chi connectivity index (χ1) is 9.52. The number of likely N-dealkylation sites (tertiary alicyclic amines) is 1. The number of nitro benzene ring substituents is 1. The number of hydrogen-bond donors (Lipinski definition) is 1. The van der Waals surface area contributed by atoms with Crippen molar-refractivity contribution in [2.24, 2.45) is 0 Å². The maximum atomic E-state index is 12.5. The Bertz CT molecular complexity index is 522. The summed E-state index contributed by atoms with van der Waals surface area (Å²) in [6, 6.07) is 4.89. The Balaban J connectivity index is 2.17. The lowest BCUT2D eigenvalue weighted by molar-refractivity contribution is -0.384. The number of carbonyl (C=O) groups is 1. The molecule has 1 fully saturated rings. The molecule has 0 atom stereocenters. The predicted molar refractivity (Wildman–Crippen MR) is 75.8 cm³/mol. The number of rotatable bonds is 3. The number of nitro groups is 1. The zero-order valence-corrected chi connectivity index (χ0v) is 11.8. The van der Waals surface area contributed by atoms with Crippen LogP contribution in [0.25, 0.3) is 0 Å². The van der Waals surface area contributed by atoms with Crippen LogP contribution in [-0.4, -0.2) is 41.9 Å². The SMILES string of the molecule is CNC1CCN(C(=O)c2cc([N+](=O)[O-])ccc2C)CC1. The monoisotopic (exact) mass is 277 g/mol. The Kier molecular flexibility index (Phi) is 4.34. The molecule has 108 valence electrons. The molecule has 0 bridgehead atoms. The Labute approximate surface area is 117 Å². The summed E-state index contributed by atoms with van der Waals surface area (Å²) in [7, 11) is 1.92. The third kappa shape index (κ3) is 2.96. The minimum absolute atomic E-state index is 0.0379. The topological polar surface area (TPSA) is 75.5 Å². The van der Waals surface area contributed by atoms with Crippen LogP contribution in [0.4, 0.5) is 5.69 Å². The first-order valence-corrected chi connectivity index (χ1v) is 6.74. The molecule has 0 spiro atoms. The number of benzene rings is 1. The number of carbonyl (C=O) groups excluding carboxylic acids is 1. The maximum absolute atomic E-state index is 12.5. The van der Waals surface area contributed by atoms with Crippen LogP contribution in [0.1, 0.15) is 28.8 Å². The summed E-state index contributed by atoms with van der Waals surface area (Å²) < 4.78 is 0. The van der Waals surface area contributed by atoms with Crippen LogP contribution in [0.15, 0.2) is 18.2 Å². The first-order valence-electron chi connectivity index (χ1n) is 6.74. The molecule has 1 aliphatic heterocycles. The van der Waals surface area contributed by atoms with E-state index in [1.54, 1.807) is 17.9 Å². The van der Waals surface area contributed by atoms with Crippen LogP contribution in [0, 0.1) is 17.0 Å². The van der Waals surface area contributed by atoms with Gasteiger partial charge in [-0.2, -0.15) is 0 Å². The van der Waals surface area contributed by atoms with Gasteiger partial charge in [0.05, 0.1) is 4.92 Å². The third-order valence-corrected chi connectivity index (χ3v) is 3.85. The second-order valence-corrected chi connectivity index (χ2v) is 5.11. The highest BCUT2D eigenvalue weighted by molar-refractivity contribution is 5.96. The summed E-state index contributed by atoms with van der Waals surface area (Å²) in [5.74, 6) is -0.110. The van der Waals surface area contributed by atoms with E-state index in [-0.39, 0.29) is 11.6 Å². The van der Waals surface area contributed by atoms with Crippen molar-refractivity contribution in [3.05, 3.63) is 39.4 Å². The Morgan fingerprint density at radius 1 is 1.40 bits per heavy atom. The average Bonchev–Trinajstić information content (AvgIpc) is 2.47. The Morgan fingerprint density at radius 2 is 2.05 bits per heavy atom. The lowest BCUT2D eigenvalue weighted by Gasteiger charge is -2.32. The normalized spacial score (nSPS) is 16.2. The van der Waals surface area contributed by atoms with Crippen LogP contribution in [0.2, 0.25) is 0 Å². The van der Waals surface area contributed by atoms with Gasteiger partial charge in [-0.3, -0.25) is 14.9 Å². The average molecular weight is 277 g/mol. The van der Waals surface area contributed by atoms with Crippen molar-refractivity contribution >= 4 is 11.6 Å². The standard InChI is InChI=1S/C14H19N3O3/c1-10-3-4-12(17(19)20)9-13(10)14(18)16-7-5-11(15-2)6-8-16/h3-4,9,11,15H,5-8H2,1-2H3. The molecule has 1 aliphatic rings. The fourth-order valence-corrected chi connectivity index (χ4v) is 2.50. The second-order valence-electron chi connectivity index (χ2n) is 5.11. The molecule has 1 heterocycles. The van der Waals surface area contributed by atoms with Crippen molar-refractivity contribution in [1.82, 2.24) is 10.2 Å². The highest BCUT2D eigenvalue weighted by Crippen LogP contribution is 2.21. The molecule has 0 aromatic heterocycles. The van der Waals surface area contributed by atoms with Gasteiger partial charge in [-0.1, -0.05) is 6.07 Å². The number of hydrogen-bond acceptors (Lipinski definition) is 4.